The third kappa shape index (κ3) is 4.37. The van der Waals surface area contributed by atoms with Crippen molar-refractivity contribution < 1.29 is 24.3 Å². The molecule has 1 aromatic rings. The first-order valence-corrected chi connectivity index (χ1v) is 10.7. The molecular weight excluding hydrogens is 436 g/mol. The standard InChI is InChI=1S/C23H27BrO5/c1-22(2)8-15(26)20(16(27)9-22)19(13-7-12(24)5-6-14(13)25)21-17(28)10-23(3,4)11-18(21)29/h5-7,19-21,25H,8-11H2,1-4H3. The molecule has 29 heavy (non-hydrogen) atoms. The van der Waals surface area contributed by atoms with E-state index >= 15 is 0 Å². The molecule has 2 aliphatic carbocycles. The molecule has 6 heteroatoms. The molecule has 0 amide bonds. The van der Waals surface area contributed by atoms with Crippen LogP contribution in [0.3, 0.4) is 0 Å². The number of aromatic hydroxyl groups is 1. The number of carbonyl (C=O) groups excluding carboxylic acids is 4. The molecule has 0 radical (unpaired) electrons. The fourth-order valence-electron chi connectivity index (χ4n) is 4.96. The van der Waals surface area contributed by atoms with Gasteiger partial charge in [-0.15, -0.1) is 0 Å². The maximum atomic E-state index is 13.1. The van der Waals surface area contributed by atoms with Gasteiger partial charge in [-0.3, -0.25) is 19.2 Å². The summed E-state index contributed by atoms with van der Waals surface area (Å²) in [6.45, 7) is 7.46. The van der Waals surface area contributed by atoms with Crippen LogP contribution in [0.1, 0.15) is 64.9 Å². The van der Waals surface area contributed by atoms with Gasteiger partial charge >= 0.3 is 0 Å². The molecule has 2 fully saturated rings. The van der Waals surface area contributed by atoms with Crippen molar-refractivity contribution >= 4 is 39.1 Å². The lowest BCUT2D eigenvalue weighted by molar-refractivity contribution is -0.145. The number of phenolic OH excluding ortho intramolecular Hbond substituents is 1. The third-order valence-corrected chi connectivity index (χ3v) is 6.56. The Kier molecular flexibility index (Phi) is 5.63. The Balaban J connectivity index is 2.14. The summed E-state index contributed by atoms with van der Waals surface area (Å²) < 4.78 is 0.641. The van der Waals surface area contributed by atoms with Crippen LogP contribution in [0.4, 0.5) is 0 Å². The van der Waals surface area contributed by atoms with E-state index in [-0.39, 0.29) is 54.6 Å². The van der Waals surface area contributed by atoms with E-state index in [0.717, 1.165) is 0 Å². The number of hydrogen-bond donors (Lipinski definition) is 1. The highest BCUT2D eigenvalue weighted by Crippen LogP contribution is 2.49. The molecule has 0 heterocycles. The summed E-state index contributed by atoms with van der Waals surface area (Å²) >= 11 is 3.36. The van der Waals surface area contributed by atoms with E-state index in [2.05, 4.69) is 15.9 Å². The molecule has 2 saturated carbocycles. The second-order valence-electron chi connectivity index (χ2n) is 10.1. The maximum absolute atomic E-state index is 13.1. The molecule has 1 aromatic carbocycles. The molecule has 156 valence electrons. The first kappa shape index (κ1) is 21.9. The quantitative estimate of drug-likeness (QED) is 0.672. The second-order valence-corrected chi connectivity index (χ2v) is 11.0. The van der Waals surface area contributed by atoms with Gasteiger partial charge in [0.25, 0.3) is 0 Å². The van der Waals surface area contributed by atoms with E-state index in [0.29, 0.717) is 10.0 Å². The van der Waals surface area contributed by atoms with Crippen molar-refractivity contribution in [2.24, 2.45) is 22.7 Å². The normalized spacial score (nSPS) is 23.1. The maximum Gasteiger partial charge on any atom is 0.144 e. The summed E-state index contributed by atoms with van der Waals surface area (Å²) in [5.41, 5.74) is -0.592. The molecule has 3 rings (SSSR count). The molecule has 5 nitrogen and oxygen atoms in total. The van der Waals surface area contributed by atoms with Gasteiger partial charge < -0.3 is 5.11 Å². The van der Waals surface area contributed by atoms with E-state index in [4.69, 9.17) is 0 Å². The Morgan fingerprint density at radius 1 is 0.828 bits per heavy atom. The van der Waals surface area contributed by atoms with Gasteiger partial charge in [-0.2, -0.15) is 0 Å². The van der Waals surface area contributed by atoms with Gasteiger partial charge in [0.05, 0.1) is 11.8 Å². The van der Waals surface area contributed by atoms with Crippen molar-refractivity contribution in [2.45, 2.75) is 59.3 Å². The second kappa shape index (κ2) is 7.46. The number of carbonyl (C=O) groups is 4. The van der Waals surface area contributed by atoms with Crippen LogP contribution in [-0.2, 0) is 19.2 Å². The summed E-state index contributed by atoms with van der Waals surface area (Å²) in [6.07, 6.45) is 0.815. The molecule has 0 aliphatic heterocycles. The molecule has 0 unspecified atom stereocenters. The third-order valence-electron chi connectivity index (χ3n) is 6.07. The molecule has 0 saturated heterocycles. The largest absolute Gasteiger partial charge is 0.508 e. The Hall–Kier alpha value is -1.82. The number of ketones is 4. The zero-order valence-electron chi connectivity index (χ0n) is 17.3. The predicted octanol–water partition coefficient (Wildman–Crippen LogP) is 4.39. The fraction of sp³-hybridized carbons (Fsp3) is 0.565. The Labute approximate surface area is 179 Å². The summed E-state index contributed by atoms with van der Waals surface area (Å²) in [7, 11) is 0. The lowest BCUT2D eigenvalue weighted by Crippen LogP contribution is -2.48. The summed E-state index contributed by atoms with van der Waals surface area (Å²) in [5.74, 6) is -4.33. The van der Waals surface area contributed by atoms with Crippen LogP contribution in [0.5, 0.6) is 5.75 Å². The molecule has 0 spiro atoms. The SMILES string of the molecule is CC1(C)CC(=O)C(C(c2cc(Br)ccc2O)C2C(=O)CC(C)(C)CC2=O)C(=O)C1. The topological polar surface area (TPSA) is 88.5 Å². The van der Waals surface area contributed by atoms with E-state index in [1.807, 2.05) is 27.7 Å². The van der Waals surface area contributed by atoms with Crippen LogP contribution in [0, 0.1) is 22.7 Å². The minimum atomic E-state index is -1.10. The van der Waals surface area contributed by atoms with Crippen LogP contribution in [0.15, 0.2) is 22.7 Å². The number of benzene rings is 1. The van der Waals surface area contributed by atoms with Gasteiger partial charge in [0.1, 0.15) is 28.9 Å². The highest BCUT2D eigenvalue weighted by atomic mass is 79.9. The van der Waals surface area contributed by atoms with Crippen molar-refractivity contribution in [3.05, 3.63) is 28.2 Å². The van der Waals surface area contributed by atoms with Crippen LogP contribution in [0.25, 0.3) is 0 Å². The Bertz CT molecular complexity index is 811. The van der Waals surface area contributed by atoms with E-state index in [1.54, 1.807) is 12.1 Å². The average molecular weight is 463 g/mol. The van der Waals surface area contributed by atoms with Gasteiger partial charge in [-0.25, -0.2) is 0 Å². The lowest BCUT2D eigenvalue weighted by atomic mass is 9.59. The first-order chi connectivity index (χ1) is 13.3. The predicted molar refractivity (Wildman–Crippen MR) is 112 cm³/mol. The summed E-state index contributed by atoms with van der Waals surface area (Å²) in [5, 5.41) is 10.6. The summed E-state index contributed by atoms with van der Waals surface area (Å²) in [4.78, 5) is 52.3. The van der Waals surface area contributed by atoms with Gasteiger partial charge in [0.2, 0.25) is 0 Å². The number of rotatable bonds is 3. The minimum absolute atomic E-state index is 0.117. The van der Waals surface area contributed by atoms with Gasteiger partial charge in [-0.05, 0) is 29.0 Å². The lowest BCUT2D eigenvalue weighted by Gasteiger charge is -2.41. The van der Waals surface area contributed by atoms with Crippen LogP contribution >= 0.6 is 15.9 Å². The van der Waals surface area contributed by atoms with Crippen molar-refractivity contribution in [3.63, 3.8) is 0 Å². The Morgan fingerprint density at radius 3 is 1.59 bits per heavy atom. The molecule has 1 N–H and O–H groups in total. The fourth-order valence-corrected chi connectivity index (χ4v) is 5.33. The monoisotopic (exact) mass is 462 g/mol. The van der Waals surface area contributed by atoms with Crippen LogP contribution in [0.2, 0.25) is 0 Å². The number of halogens is 1. The van der Waals surface area contributed by atoms with Crippen molar-refractivity contribution in [1.82, 2.24) is 0 Å². The zero-order valence-corrected chi connectivity index (χ0v) is 18.8. The minimum Gasteiger partial charge on any atom is -0.508 e. The molecular formula is C23H27BrO5. The zero-order chi connectivity index (χ0) is 21.7. The van der Waals surface area contributed by atoms with Crippen LogP contribution < -0.4 is 0 Å². The Morgan fingerprint density at radius 2 is 1.21 bits per heavy atom. The first-order valence-electron chi connectivity index (χ1n) is 9.91. The molecule has 0 atom stereocenters. The highest BCUT2D eigenvalue weighted by molar-refractivity contribution is 9.10. The van der Waals surface area contributed by atoms with Gasteiger partial charge in [-0.1, -0.05) is 43.6 Å². The van der Waals surface area contributed by atoms with Crippen molar-refractivity contribution in [2.75, 3.05) is 0 Å². The highest BCUT2D eigenvalue weighted by Gasteiger charge is 2.52. The molecule has 0 bridgehead atoms. The molecule has 0 aromatic heterocycles. The number of hydrogen-bond acceptors (Lipinski definition) is 5. The van der Waals surface area contributed by atoms with Gasteiger partial charge in [0, 0.05) is 41.6 Å². The van der Waals surface area contributed by atoms with Crippen molar-refractivity contribution in [1.29, 1.82) is 0 Å². The van der Waals surface area contributed by atoms with Crippen molar-refractivity contribution in [3.8, 4) is 5.75 Å². The van der Waals surface area contributed by atoms with E-state index < -0.39 is 28.6 Å². The molecule has 2 aliphatic rings. The number of Topliss-reactive ketones (excluding diaryl/α,β-unsaturated/α-hetero) is 4. The smallest absolute Gasteiger partial charge is 0.144 e. The van der Waals surface area contributed by atoms with E-state index in [9.17, 15) is 24.3 Å². The summed E-state index contributed by atoms with van der Waals surface area (Å²) in [6, 6.07) is 4.70. The number of phenols is 1. The van der Waals surface area contributed by atoms with Crippen LogP contribution in [-0.4, -0.2) is 28.2 Å². The van der Waals surface area contributed by atoms with E-state index in [1.165, 1.54) is 6.07 Å². The van der Waals surface area contributed by atoms with Gasteiger partial charge in [0.15, 0.2) is 0 Å². The average Bonchev–Trinajstić information content (AvgIpc) is 2.52.